The van der Waals surface area contributed by atoms with Crippen molar-refractivity contribution < 1.29 is 31.5 Å². The quantitative estimate of drug-likeness (QED) is 0.368. The van der Waals surface area contributed by atoms with E-state index in [9.17, 15) is 26.7 Å². The largest absolute Gasteiger partial charge is 0.486 e. The number of nitrogens with zero attached hydrogens (tertiary/aromatic N) is 4. The summed E-state index contributed by atoms with van der Waals surface area (Å²) in [7, 11) is -5.06. The first-order valence-electron chi connectivity index (χ1n) is 12.7. The number of carbonyl (C=O) groups is 1. The second-order valence-electron chi connectivity index (χ2n) is 10.0. The van der Waals surface area contributed by atoms with Crippen LogP contribution in [0.4, 0.5) is 5.69 Å². The first-order valence-corrected chi connectivity index (χ1v) is 16.0. The number of hydrogen-bond acceptors (Lipinski definition) is 8. The molecule has 222 valence electrons. The van der Waals surface area contributed by atoms with Gasteiger partial charge in [0.15, 0.2) is 10.8 Å². The fourth-order valence-electron chi connectivity index (χ4n) is 4.40. The van der Waals surface area contributed by atoms with Gasteiger partial charge in [-0.1, -0.05) is 24.6 Å². The second kappa shape index (κ2) is 12.0. The lowest BCUT2D eigenvalue weighted by Crippen LogP contribution is -2.50. The van der Waals surface area contributed by atoms with Gasteiger partial charge in [0.1, 0.15) is 6.10 Å². The van der Waals surface area contributed by atoms with Crippen molar-refractivity contribution in [2.45, 2.75) is 35.9 Å². The van der Waals surface area contributed by atoms with Crippen LogP contribution in [-0.2, 0) is 27.1 Å². The zero-order valence-electron chi connectivity index (χ0n) is 22.9. The van der Waals surface area contributed by atoms with E-state index in [1.54, 1.807) is 20.9 Å². The predicted octanol–water partition coefficient (Wildman–Crippen LogP) is 2.42. The van der Waals surface area contributed by atoms with E-state index >= 15 is 0 Å². The van der Waals surface area contributed by atoms with Crippen molar-refractivity contribution in [1.82, 2.24) is 18.8 Å². The third-order valence-electron chi connectivity index (χ3n) is 6.85. The van der Waals surface area contributed by atoms with Crippen molar-refractivity contribution in [2.75, 3.05) is 31.5 Å². The highest BCUT2D eigenvalue weighted by Gasteiger charge is 2.36. The smallest absolute Gasteiger partial charge is 0.281 e. The minimum Gasteiger partial charge on any atom is -0.486 e. The summed E-state index contributed by atoms with van der Waals surface area (Å²) >= 11 is 5.93. The van der Waals surface area contributed by atoms with Crippen LogP contribution in [0.3, 0.4) is 0 Å². The highest BCUT2D eigenvalue weighted by Crippen LogP contribution is 2.36. The van der Waals surface area contributed by atoms with Crippen molar-refractivity contribution in [3.8, 4) is 5.75 Å². The summed E-state index contributed by atoms with van der Waals surface area (Å²) in [5, 5.41) is 10.0. The Morgan fingerprint density at radius 1 is 1.20 bits per heavy atom. The summed E-state index contributed by atoms with van der Waals surface area (Å²) in [6, 6.07) is 9.65. The van der Waals surface area contributed by atoms with Crippen LogP contribution in [0.15, 0.2) is 64.9 Å². The molecule has 0 bridgehead atoms. The molecule has 1 aliphatic rings. The number of sulfonamides is 2. The Hall–Kier alpha value is -3.17. The summed E-state index contributed by atoms with van der Waals surface area (Å²) in [6.45, 7) is 3.21. The van der Waals surface area contributed by atoms with E-state index in [-0.39, 0.29) is 46.6 Å². The lowest BCUT2D eigenvalue weighted by atomic mass is 9.99. The molecule has 0 unspecified atom stereocenters. The number of aliphatic hydroxyl groups is 1. The zero-order chi connectivity index (χ0) is 30.1. The number of likely N-dealkylation sites (N-methyl/N-ethyl adjacent to an activating group) is 1. The number of aryl methyl sites for hydroxylation is 1. The number of halogens is 1. The number of nitrogens with one attached hydrogen (secondary N) is 1. The molecule has 0 saturated carbocycles. The van der Waals surface area contributed by atoms with Gasteiger partial charge in [-0.3, -0.25) is 9.52 Å². The van der Waals surface area contributed by atoms with Gasteiger partial charge in [-0.15, -0.1) is 0 Å². The van der Waals surface area contributed by atoms with Crippen LogP contribution in [0.1, 0.15) is 24.2 Å². The van der Waals surface area contributed by atoms with Gasteiger partial charge >= 0.3 is 0 Å². The maximum atomic E-state index is 13.7. The first kappa shape index (κ1) is 30.8. The van der Waals surface area contributed by atoms with E-state index in [0.29, 0.717) is 5.02 Å². The maximum absolute atomic E-state index is 13.7. The molecule has 3 aromatic rings. The van der Waals surface area contributed by atoms with Gasteiger partial charge in [-0.2, -0.15) is 12.7 Å². The topological polar surface area (TPSA) is 151 Å². The Morgan fingerprint density at radius 3 is 2.49 bits per heavy atom. The first-order chi connectivity index (χ1) is 19.2. The minimum atomic E-state index is -4.16. The van der Waals surface area contributed by atoms with Crippen LogP contribution in [-0.4, -0.2) is 85.5 Å². The number of aliphatic hydroxyl groups excluding tert-OH is 1. The summed E-state index contributed by atoms with van der Waals surface area (Å²) in [6.07, 6.45) is 1.85. The second-order valence-corrected chi connectivity index (χ2v) is 14.1. The Kier molecular flexibility index (Phi) is 8.99. The van der Waals surface area contributed by atoms with Crippen molar-refractivity contribution in [3.05, 3.63) is 65.6 Å². The number of hydrogen-bond donors (Lipinski definition) is 2. The molecule has 4 rings (SSSR count). The van der Waals surface area contributed by atoms with Gasteiger partial charge in [0.25, 0.3) is 15.9 Å². The van der Waals surface area contributed by atoms with E-state index in [0.717, 1.165) is 4.31 Å². The van der Waals surface area contributed by atoms with E-state index in [4.69, 9.17) is 16.3 Å². The molecule has 2 heterocycles. The number of rotatable bonds is 9. The number of fused-ring (bicyclic) bond motifs is 1. The number of ether oxygens (including phenoxy) is 1. The average molecular weight is 626 g/mol. The molecular weight excluding hydrogens is 594 g/mol. The highest BCUT2D eigenvalue weighted by atomic mass is 35.5. The monoisotopic (exact) mass is 625 g/mol. The van der Waals surface area contributed by atoms with E-state index in [2.05, 4.69) is 9.71 Å². The molecule has 0 aliphatic carbocycles. The van der Waals surface area contributed by atoms with E-state index in [1.807, 2.05) is 0 Å². The molecule has 0 saturated heterocycles. The standard InChI is InChI=1S/C26H32ClN5O7S2/c1-17-12-32(18(2)15-33)26(34)21-6-5-7-22(29-40(35,36)24-14-30(3)16-28-24)25(21)39-23(17)13-31(4)41(37,38)20-10-8-19(27)9-11-20/h5-11,14,16-18,23,29,33H,12-13,15H2,1-4H3/t17-,18+,23-/m1/s1. The SMILES string of the molecule is C[C@@H]1CN([C@@H](C)CO)C(=O)c2cccc(NS(=O)(=O)c3cn(C)cn3)c2O[C@@H]1CN(C)S(=O)(=O)c1ccc(Cl)cc1. The van der Waals surface area contributed by atoms with Gasteiger partial charge in [-0.25, -0.2) is 13.4 Å². The Labute approximate surface area is 244 Å². The summed E-state index contributed by atoms with van der Waals surface area (Å²) < 4.78 is 64.3. The summed E-state index contributed by atoms with van der Waals surface area (Å²) in [5.41, 5.74) is 0.0482. The molecular formula is C26H32ClN5O7S2. The number of para-hydroxylation sites is 1. The van der Waals surface area contributed by atoms with Gasteiger partial charge < -0.3 is 19.3 Å². The van der Waals surface area contributed by atoms with Gasteiger partial charge in [0, 0.05) is 37.8 Å². The van der Waals surface area contributed by atoms with Crippen molar-refractivity contribution in [1.29, 1.82) is 0 Å². The van der Waals surface area contributed by atoms with Crippen LogP contribution >= 0.6 is 11.6 Å². The minimum absolute atomic E-state index is 0.0135. The molecule has 15 heteroatoms. The number of carbonyl (C=O) groups excluding carboxylic acids is 1. The molecule has 1 aromatic heterocycles. The zero-order valence-corrected chi connectivity index (χ0v) is 25.3. The summed E-state index contributed by atoms with van der Waals surface area (Å²) in [5.74, 6) is -0.946. The van der Waals surface area contributed by atoms with Crippen LogP contribution in [0.5, 0.6) is 5.75 Å². The normalized spacial score (nSPS) is 18.8. The van der Waals surface area contributed by atoms with E-state index < -0.39 is 44.0 Å². The number of anilines is 1. The molecule has 1 amide bonds. The Morgan fingerprint density at radius 2 is 1.88 bits per heavy atom. The molecule has 1 aliphatic heterocycles. The number of imidazole rings is 1. The molecule has 0 radical (unpaired) electrons. The number of amides is 1. The Balaban J connectivity index is 1.76. The lowest BCUT2D eigenvalue weighted by Gasteiger charge is -2.38. The van der Waals surface area contributed by atoms with Gasteiger partial charge in [-0.05, 0) is 43.3 Å². The average Bonchev–Trinajstić information content (AvgIpc) is 3.38. The number of benzene rings is 2. The lowest BCUT2D eigenvalue weighted by molar-refractivity contribution is 0.0389. The van der Waals surface area contributed by atoms with Crippen molar-refractivity contribution in [3.63, 3.8) is 0 Å². The Bertz CT molecular complexity index is 1630. The van der Waals surface area contributed by atoms with E-state index in [1.165, 1.54) is 71.5 Å². The molecule has 12 nitrogen and oxygen atoms in total. The molecule has 2 aromatic carbocycles. The highest BCUT2D eigenvalue weighted by molar-refractivity contribution is 7.92. The molecule has 3 atom stereocenters. The summed E-state index contributed by atoms with van der Waals surface area (Å²) in [4.78, 5) is 19.1. The fraction of sp³-hybridized carbons (Fsp3) is 0.385. The number of aromatic nitrogens is 2. The van der Waals surface area contributed by atoms with Crippen LogP contribution in [0, 0.1) is 5.92 Å². The van der Waals surface area contributed by atoms with Crippen LogP contribution < -0.4 is 9.46 Å². The molecule has 2 N–H and O–H groups in total. The molecule has 0 spiro atoms. The van der Waals surface area contributed by atoms with Crippen LogP contribution in [0.2, 0.25) is 5.02 Å². The van der Waals surface area contributed by atoms with Gasteiger partial charge in [0.05, 0.1) is 41.7 Å². The van der Waals surface area contributed by atoms with Crippen molar-refractivity contribution >= 4 is 43.2 Å². The van der Waals surface area contributed by atoms with Crippen LogP contribution in [0.25, 0.3) is 0 Å². The predicted molar refractivity (Wildman–Crippen MR) is 153 cm³/mol. The fourth-order valence-corrected chi connectivity index (χ4v) is 6.76. The maximum Gasteiger partial charge on any atom is 0.281 e. The van der Waals surface area contributed by atoms with Gasteiger partial charge in [0.2, 0.25) is 10.0 Å². The molecule has 41 heavy (non-hydrogen) atoms. The molecule has 0 fully saturated rings. The van der Waals surface area contributed by atoms with Crippen molar-refractivity contribution in [2.24, 2.45) is 13.0 Å². The third kappa shape index (κ3) is 6.51. The third-order valence-corrected chi connectivity index (χ3v) is 10.2.